The molecule has 1 aliphatic carbocycles. The number of likely N-dealkylation sites (tertiary alicyclic amines) is 1. The lowest BCUT2D eigenvalue weighted by molar-refractivity contribution is -0.123. The van der Waals surface area contributed by atoms with Crippen LogP contribution in [0.1, 0.15) is 55.3 Å². The molecule has 6 nitrogen and oxygen atoms in total. The Bertz CT molecular complexity index is 687. The van der Waals surface area contributed by atoms with E-state index in [0.717, 1.165) is 57.4 Å². The quantitative estimate of drug-likeness (QED) is 0.740. The summed E-state index contributed by atoms with van der Waals surface area (Å²) >= 11 is 0. The van der Waals surface area contributed by atoms with E-state index in [1.165, 1.54) is 6.42 Å². The van der Waals surface area contributed by atoms with Gasteiger partial charge in [-0.3, -0.25) is 9.59 Å². The Morgan fingerprint density at radius 1 is 1.07 bits per heavy atom. The number of amides is 2. The monoisotopic (exact) mass is 421 g/mol. The van der Waals surface area contributed by atoms with Crippen LogP contribution in [0.2, 0.25) is 0 Å². The molecule has 1 aromatic carbocycles. The number of halogens is 1. The first-order valence-electron chi connectivity index (χ1n) is 10.8. The molecule has 2 N–H and O–H groups in total. The van der Waals surface area contributed by atoms with Crippen molar-refractivity contribution in [3.05, 3.63) is 29.8 Å². The van der Waals surface area contributed by atoms with Crippen molar-refractivity contribution in [3.63, 3.8) is 0 Å². The van der Waals surface area contributed by atoms with Gasteiger partial charge in [0, 0.05) is 25.2 Å². The van der Waals surface area contributed by atoms with Crippen molar-refractivity contribution in [1.82, 2.24) is 15.5 Å². The zero-order valence-corrected chi connectivity index (χ0v) is 17.7. The minimum Gasteiger partial charge on any atom is -0.490 e. The second kappa shape index (κ2) is 10.3. The van der Waals surface area contributed by atoms with E-state index in [0.29, 0.717) is 30.7 Å². The fourth-order valence-electron chi connectivity index (χ4n) is 4.23. The van der Waals surface area contributed by atoms with E-state index in [2.05, 4.69) is 10.6 Å². The molecule has 4 rings (SSSR count). The van der Waals surface area contributed by atoms with Gasteiger partial charge in [0.25, 0.3) is 5.91 Å². The topological polar surface area (TPSA) is 70.7 Å². The van der Waals surface area contributed by atoms with Crippen molar-refractivity contribution in [2.75, 3.05) is 26.2 Å². The van der Waals surface area contributed by atoms with Crippen LogP contribution in [0.15, 0.2) is 24.3 Å². The Morgan fingerprint density at radius 3 is 2.52 bits per heavy atom. The Hall–Kier alpha value is -1.79. The third-order valence-corrected chi connectivity index (χ3v) is 6.20. The molecular formula is C22H32ClN3O3. The van der Waals surface area contributed by atoms with E-state index < -0.39 is 0 Å². The van der Waals surface area contributed by atoms with Gasteiger partial charge in [-0.15, -0.1) is 12.4 Å². The predicted molar refractivity (Wildman–Crippen MR) is 115 cm³/mol. The SMILES string of the molecule is Cl.O=C(NCC1CCCN(C(=O)c2ccc(OC3CCC3)cc2)C1)C1CCCN1. The van der Waals surface area contributed by atoms with E-state index in [-0.39, 0.29) is 30.3 Å². The van der Waals surface area contributed by atoms with Crippen LogP contribution < -0.4 is 15.4 Å². The third-order valence-electron chi connectivity index (χ3n) is 6.20. The molecule has 29 heavy (non-hydrogen) atoms. The highest BCUT2D eigenvalue weighted by molar-refractivity contribution is 5.94. The smallest absolute Gasteiger partial charge is 0.253 e. The molecule has 2 amide bonds. The minimum absolute atomic E-state index is 0. The zero-order valence-electron chi connectivity index (χ0n) is 16.9. The number of benzene rings is 1. The van der Waals surface area contributed by atoms with Crippen LogP contribution in [-0.4, -0.2) is 55.0 Å². The fraction of sp³-hybridized carbons (Fsp3) is 0.636. The molecule has 1 aromatic rings. The second-order valence-corrected chi connectivity index (χ2v) is 8.35. The lowest BCUT2D eigenvalue weighted by atomic mass is 9.96. The van der Waals surface area contributed by atoms with Crippen molar-refractivity contribution >= 4 is 24.2 Å². The molecule has 2 heterocycles. The lowest BCUT2D eigenvalue weighted by Crippen LogP contribution is -2.46. The number of nitrogens with zero attached hydrogens (tertiary/aromatic N) is 1. The molecule has 0 aromatic heterocycles. The van der Waals surface area contributed by atoms with Gasteiger partial charge in [-0.2, -0.15) is 0 Å². The number of ether oxygens (including phenoxy) is 1. The lowest BCUT2D eigenvalue weighted by Gasteiger charge is -2.33. The largest absolute Gasteiger partial charge is 0.490 e. The van der Waals surface area contributed by atoms with Gasteiger partial charge in [-0.05, 0) is 81.7 Å². The Labute approximate surface area is 179 Å². The van der Waals surface area contributed by atoms with E-state index in [1.807, 2.05) is 29.2 Å². The fourth-order valence-corrected chi connectivity index (χ4v) is 4.23. The zero-order chi connectivity index (χ0) is 19.3. The average molecular weight is 422 g/mol. The summed E-state index contributed by atoms with van der Waals surface area (Å²) in [6.45, 7) is 3.06. The number of hydrogen-bond acceptors (Lipinski definition) is 4. The predicted octanol–water partition coefficient (Wildman–Crippen LogP) is 2.76. The summed E-state index contributed by atoms with van der Waals surface area (Å²) in [6.07, 6.45) is 7.86. The van der Waals surface area contributed by atoms with Gasteiger partial charge in [0.2, 0.25) is 5.91 Å². The summed E-state index contributed by atoms with van der Waals surface area (Å²) < 4.78 is 5.87. The minimum atomic E-state index is -0.0398. The summed E-state index contributed by atoms with van der Waals surface area (Å²) in [6, 6.07) is 7.51. The highest BCUT2D eigenvalue weighted by atomic mass is 35.5. The van der Waals surface area contributed by atoms with Crippen molar-refractivity contribution in [1.29, 1.82) is 0 Å². The van der Waals surface area contributed by atoms with Crippen LogP contribution in [0.25, 0.3) is 0 Å². The van der Waals surface area contributed by atoms with Gasteiger partial charge >= 0.3 is 0 Å². The van der Waals surface area contributed by atoms with Gasteiger partial charge in [0.1, 0.15) is 5.75 Å². The first kappa shape index (κ1) is 21.9. The van der Waals surface area contributed by atoms with Gasteiger partial charge in [-0.1, -0.05) is 0 Å². The number of nitrogens with one attached hydrogen (secondary N) is 2. The molecule has 1 saturated carbocycles. The molecule has 2 unspecified atom stereocenters. The highest BCUT2D eigenvalue weighted by Crippen LogP contribution is 2.26. The summed E-state index contributed by atoms with van der Waals surface area (Å²) in [5.74, 6) is 1.34. The van der Waals surface area contributed by atoms with E-state index in [1.54, 1.807) is 0 Å². The van der Waals surface area contributed by atoms with Crippen LogP contribution in [0.3, 0.4) is 0 Å². The molecule has 0 radical (unpaired) electrons. The summed E-state index contributed by atoms with van der Waals surface area (Å²) in [5.41, 5.74) is 0.709. The van der Waals surface area contributed by atoms with Crippen LogP contribution in [-0.2, 0) is 4.79 Å². The molecule has 3 fully saturated rings. The van der Waals surface area contributed by atoms with Gasteiger partial charge in [0.15, 0.2) is 0 Å². The maximum absolute atomic E-state index is 12.9. The van der Waals surface area contributed by atoms with Crippen molar-refractivity contribution < 1.29 is 14.3 Å². The van der Waals surface area contributed by atoms with Crippen molar-refractivity contribution in [2.24, 2.45) is 5.92 Å². The van der Waals surface area contributed by atoms with E-state index in [4.69, 9.17) is 4.74 Å². The maximum Gasteiger partial charge on any atom is 0.253 e. The summed E-state index contributed by atoms with van der Waals surface area (Å²) in [7, 11) is 0. The number of rotatable bonds is 6. The van der Waals surface area contributed by atoms with Gasteiger partial charge < -0.3 is 20.3 Å². The van der Waals surface area contributed by atoms with Crippen LogP contribution >= 0.6 is 12.4 Å². The standard InChI is InChI=1S/C22H31N3O3.ClH/c26-21(20-7-2-12-23-20)24-14-16-4-3-13-25(15-16)22(27)17-8-10-19(11-9-17)28-18-5-1-6-18;/h8-11,16,18,20,23H,1-7,12-15H2,(H,24,26);1H. The molecule has 3 aliphatic rings. The Balaban J connectivity index is 0.00000240. The molecule has 2 atom stereocenters. The first-order chi connectivity index (χ1) is 13.7. The number of carbonyl (C=O) groups excluding carboxylic acids is 2. The normalized spacial score (nSPS) is 24.3. The Morgan fingerprint density at radius 2 is 1.86 bits per heavy atom. The molecule has 2 aliphatic heterocycles. The molecule has 2 saturated heterocycles. The molecular weight excluding hydrogens is 390 g/mol. The number of hydrogen-bond donors (Lipinski definition) is 2. The third kappa shape index (κ3) is 5.64. The Kier molecular flexibility index (Phi) is 7.78. The number of piperidine rings is 1. The molecule has 7 heteroatoms. The molecule has 160 valence electrons. The van der Waals surface area contributed by atoms with Crippen LogP contribution in [0, 0.1) is 5.92 Å². The maximum atomic E-state index is 12.9. The van der Waals surface area contributed by atoms with E-state index in [9.17, 15) is 9.59 Å². The summed E-state index contributed by atoms with van der Waals surface area (Å²) in [4.78, 5) is 27.0. The molecule has 0 bridgehead atoms. The van der Waals surface area contributed by atoms with Gasteiger partial charge in [0.05, 0.1) is 12.1 Å². The van der Waals surface area contributed by atoms with Crippen molar-refractivity contribution in [2.45, 2.75) is 57.1 Å². The average Bonchev–Trinajstić information content (AvgIpc) is 3.24. The number of carbonyl (C=O) groups is 2. The highest BCUT2D eigenvalue weighted by Gasteiger charge is 2.27. The van der Waals surface area contributed by atoms with Gasteiger partial charge in [-0.25, -0.2) is 0 Å². The first-order valence-corrected chi connectivity index (χ1v) is 10.8. The summed E-state index contributed by atoms with van der Waals surface area (Å²) in [5, 5.41) is 6.30. The van der Waals surface area contributed by atoms with Crippen LogP contribution in [0.4, 0.5) is 0 Å². The van der Waals surface area contributed by atoms with Crippen LogP contribution in [0.5, 0.6) is 5.75 Å². The molecule has 0 spiro atoms. The van der Waals surface area contributed by atoms with E-state index >= 15 is 0 Å². The second-order valence-electron chi connectivity index (χ2n) is 8.35. The van der Waals surface area contributed by atoms with Crippen molar-refractivity contribution in [3.8, 4) is 5.75 Å².